The average Bonchev–Trinajstić information content (AvgIpc) is 3.69. The van der Waals surface area contributed by atoms with Crippen molar-refractivity contribution in [2.75, 3.05) is 23.3 Å². The van der Waals surface area contributed by atoms with Gasteiger partial charge in [-0.2, -0.15) is 0 Å². The van der Waals surface area contributed by atoms with Crippen molar-refractivity contribution in [2.45, 2.75) is 30.6 Å². The number of fused-ring (bicyclic) bond motifs is 1. The van der Waals surface area contributed by atoms with Crippen LogP contribution in [0.3, 0.4) is 0 Å². The van der Waals surface area contributed by atoms with E-state index in [-0.39, 0.29) is 16.7 Å². The molecule has 7 nitrogen and oxygen atoms in total. The SMILES string of the molecule is COc1ccccc1Oc1ccc(S(=O)(=O)Nc2ccc3c(c2)N(C(=O)C2CC2)CCC3)cc1. The van der Waals surface area contributed by atoms with Crippen molar-refractivity contribution >= 4 is 27.3 Å². The van der Waals surface area contributed by atoms with E-state index in [9.17, 15) is 13.2 Å². The highest BCUT2D eigenvalue weighted by Gasteiger charge is 2.35. The molecule has 2 aliphatic rings. The maximum absolute atomic E-state index is 13.0. The van der Waals surface area contributed by atoms with Gasteiger partial charge in [0.25, 0.3) is 10.0 Å². The zero-order valence-electron chi connectivity index (χ0n) is 18.9. The number of para-hydroxylation sites is 2. The molecular weight excluding hydrogens is 452 g/mol. The normalized spacial score (nSPS) is 15.4. The minimum atomic E-state index is -3.82. The molecule has 0 bridgehead atoms. The summed E-state index contributed by atoms with van der Waals surface area (Å²) in [4.78, 5) is 14.6. The average molecular weight is 479 g/mol. The Morgan fingerprint density at radius 2 is 1.74 bits per heavy atom. The molecule has 0 saturated heterocycles. The molecule has 8 heteroatoms. The Morgan fingerprint density at radius 3 is 2.44 bits per heavy atom. The van der Waals surface area contributed by atoms with Crippen LogP contribution in [-0.4, -0.2) is 28.0 Å². The van der Waals surface area contributed by atoms with Gasteiger partial charge in [0.1, 0.15) is 5.75 Å². The lowest BCUT2D eigenvalue weighted by Gasteiger charge is -2.30. The number of hydrogen-bond donors (Lipinski definition) is 1. The van der Waals surface area contributed by atoms with Gasteiger partial charge in [0.05, 0.1) is 17.7 Å². The number of amides is 1. The molecule has 1 N–H and O–H groups in total. The Labute approximate surface area is 199 Å². The number of benzene rings is 3. The van der Waals surface area contributed by atoms with Crippen molar-refractivity contribution in [3.63, 3.8) is 0 Å². The number of sulfonamides is 1. The number of methoxy groups -OCH3 is 1. The highest BCUT2D eigenvalue weighted by atomic mass is 32.2. The molecule has 1 fully saturated rings. The molecule has 176 valence electrons. The molecule has 0 aromatic heterocycles. The molecule has 34 heavy (non-hydrogen) atoms. The molecule has 1 aliphatic heterocycles. The second-order valence-electron chi connectivity index (χ2n) is 8.54. The van der Waals surface area contributed by atoms with Gasteiger partial charge >= 0.3 is 0 Å². The molecule has 0 radical (unpaired) electrons. The van der Waals surface area contributed by atoms with Crippen molar-refractivity contribution in [3.8, 4) is 17.2 Å². The van der Waals surface area contributed by atoms with E-state index >= 15 is 0 Å². The number of carbonyl (C=O) groups excluding carboxylic acids is 1. The molecule has 5 rings (SSSR count). The Hall–Kier alpha value is -3.52. The summed E-state index contributed by atoms with van der Waals surface area (Å²) in [6.07, 6.45) is 3.67. The van der Waals surface area contributed by atoms with Crippen LogP contribution < -0.4 is 19.1 Å². The Bertz CT molecular complexity index is 1320. The van der Waals surface area contributed by atoms with Gasteiger partial charge in [-0.15, -0.1) is 0 Å². The van der Waals surface area contributed by atoms with Gasteiger partial charge in [0, 0.05) is 18.2 Å². The molecular formula is C26H26N2O5S. The van der Waals surface area contributed by atoms with Crippen LogP contribution in [0.4, 0.5) is 11.4 Å². The van der Waals surface area contributed by atoms with Crippen LogP contribution in [0.15, 0.2) is 71.6 Å². The number of hydrogen-bond acceptors (Lipinski definition) is 5. The van der Waals surface area contributed by atoms with Crippen molar-refractivity contribution in [2.24, 2.45) is 5.92 Å². The lowest BCUT2D eigenvalue weighted by molar-refractivity contribution is -0.119. The van der Waals surface area contributed by atoms with E-state index in [0.29, 0.717) is 29.5 Å². The van der Waals surface area contributed by atoms with Gasteiger partial charge in [-0.1, -0.05) is 18.2 Å². The fraction of sp³-hybridized carbons (Fsp3) is 0.269. The maximum Gasteiger partial charge on any atom is 0.261 e. The van der Waals surface area contributed by atoms with Crippen molar-refractivity contribution in [3.05, 3.63) is 72.3 Å². The molecule has 1 amide bonds. The van der Waals surface area contributed by atoms with Crippen molar-refractivity contribution in [1.82, 2.24) is 0 Å². The number of ether oxygens (including phenoxy) is 2. The van der Waals surface area contributed by atoms with Gasteiger partial charge in [0.15, 0.2) is 11.5 Å². The van der Waals surface area contributed by atoms with Crippen molar-refractivity contribution in [1.29, 1.82) is 0 Å². The summed E-state index contributed by atoms with van der Waals surface area (Å²) in [5.41, 5.74) is 2.31. The van der Waals surface area contributed by atoms with Gasteiger partial charge in [-0.05, 0) is 79.8 Å². The molecule has 1 saturated carbocycles. The summed E-state index contributed by atoms with van der Waals surface area (Å²) in [7, 11) is -2.26. The summed E-state index contributed by atoms with van der Waals surface area (Å²) < 4.78 is 39.8. The standard InChI is InChI=1S/C26H26N2O5S/c1-32-24-6-2-3-7-25(24)33-21-12-14-22(15-13-21)34(30,31)27-20-11-10-18-5-4-16-28(23(18)17-20)26(29)19-8-9-19/h2-3,6-7,10-15,17,19,27H,4-5,8-9,16H2,1H3. The Kier molecular flexibility index (Phi) is 5.91. The second-order valence-corrected chi connectivity index (χ2v) is 10.2. The lowest BCUT2D eigenvalue weighted by atomic mass is 10.0. The third-order valence-electron chi connectivity index (χ3n) is 6.08. The molecule has 0 atom stereocenters. The second kappa shape index (κ2) is 9.02. The van der Waals surface area contributed by atoms with Gasteiger partial charge < -0.3 is 14.4 Å². The molecule has 3 aromatic carbocycles. The largest absolute Gasteiger partial charge is 0.493 e. The number of nitrogens with zero attached hydrogens (tertiary/aromatic N) is 1. The van der Waals surface area contributed by atoms with E-state index in [2.05, 4.69) is 4.72 Å². The summed E-state index contributed by atoms with van der Waals surface area (Å²) >= 11 is 0. The minimum absolute atomic E-state index is 0.114. The van der Waals surface area contributed by atoms with E-state index in [1.165, 1.54) is 12.1 Å². The van der Waals surface area contributed by atoms with E-state index in [0.717, 1.165) is 36.9 Å². The van der Waals surface area contributed by atoms with Crippen LogP contribution in [0.1, 0.15) is 24.8 Å². The summed E-state index contributed by atoms with van der Waals surface area (Å²) in [6, 6.07) is 18.9. The van der Waals surface area contributed by atoms with Crippen LogP contribution in [-0.2, 0) is 21.2 Å². The Balaban J connectivity index is 1.34. The highest BCUT2D eigenvalue weighted by Crippen LogP contribution is 2.37. The molecule has 1 aliphatic carbocycles. The first-order chi connectivity index (χ1) is 16.4. The van der Waals surface area contributed by atoms with E-state index in [4.69, 9.17) is 9.47 Å². The van der Waals surface area contributed by atoms with Crippen LogP contribution in [0.25, 0.3) is 0 Å². The number of aryl methyl sites for hydroxylation is 1. The van der Waals surface area contributed by atoms with E-state index < -0.39 is 10.0 Å². The number of anilines is 2. The zero-order chi connectivity index (χ0) is 23.7. The lowest BCUT2D eigenvalue weighted by Crippen LogP contribution is -2.36. The third kappa shape index (κ3) is 4.59. The van der Waals surface area contributed by atoms with Crippen LogP contribution in [0.2, 0.25) is 0 Å². The molecule has 0 unspecified atom stereocenters. The highest BCUT2D eigenvalue weighted by molar-refractivity contribution is 7.92. The predicted molar refractivity (Wildman–Crippen MR) is 130 cm³/mol. The summed E-state index contributed by atoms with van der Waals surface area (Å²) in [6.45, 7) is 0.673. The first-order valence-corrected chi connectivity index (χ1v) is 12.8. The molecule has 1 heterocycles. The first-order valence-electron chi connectivity index (χ1n) is 11.3. The smallest absolute Gasteiger partial charge is 0.261 e. The van der Waals surface area contributed by atoms with Gasteiger partial charge in [-0.25, -0.2) is 8.42 Å². The third-order valence-corrected chi connectivity index (χ3v) is 7.48. The van der Waals surface area contributed by atoms with Crippen molar-refractivity contribution < 1.29 is 22.7 Å². The van der Waals surface area contributed by atoms with Crippen LogP contribution >= 0.6 is 0 Å². The zero-order valence-corrected chi connectivity index (χ0v) is 19.7. The minimum Gasteiger partial charge on any atom is -0.493 e. The fourth-order valence-electron chi connectivity index (χ4n) is 4.15. The quantitative estimate of drug-likeness (QED) is 0.518. The number of carbonyl (C=O) groups is 1. The van der Waals surface area contributed by atoms with E-state index in [1.807, 2.05) is 23.1 Å². The molecule has 3 aromatic rings. The topological polar surface area (TPSA) is 84.9 Å². The summed E-state index contributed by atoms with van der Waals surface area (Å²) in [5.74, 6) is 1.88. The molecule has 0 spiro atoms. The van der Waals surface area contributed by atoms with E-state index in [1.54, 1.807) is 43.5 Å². The first kappa shape index (κ1) is 22.3. The van der Waals surface area contributed by atoms with Gasteiger partial charge in [0.2, 0.25) is 5.91 Å². The van der Waals surface area contributed by atoms with Crippen LogP contribution in [0, 0.1) is 5.92 Å². The summed E-state index contributed by atoms with van der Waals surface area (Å²) in [5, 5.41) is 0. The Morgan fingerprint density at radius 1 is 1.00 bits per heavy atom. The predicted octanol–water partition coefficient (Wildman–Crippen LogP) is 4.98. The number of rotatable bonds is 7. The number of nitrogens with one attached hydrogen (secondary N) is 1. The maximum atomic E-state index is 13.0. The fourth-order valence-corrected chi connectivity index (χ4v) is 5.20. The van der Waals surface area contributed by atoms with Crippen LogP contribution in [0.5, 0.6) is 17.2 Å². The van der Waals surface area contributed by atoms with Gasteiger partial charge in [-0.3, -0.25) is 9.52 Å². The monoisotopic (exact) mass is 478 g/mol.